The Hall–Kier alpha value is -2.44. The van der Waals surface area contributed by atoms with Gasteiger partial charge in [-0.25, -0.2) is 0 Å². The van der Waals surface area contributed by atoms with Crippen molar-refractivity contribution in [2.45, 2.75) is 32.5 Å². The molecule has 4 rings (SSSR count). The predicted molar refractivity (Wildman–Crippen MR) is 109 cm³/mol. The number of H-pyrrole nitrogens is 1. The molecule has 1 amide bonds. The van der Waals surface area contributed by atoms with E-state index in [1.165, 1.54) is 5.56 Å². The maximum absolute atomic E-state index is 12.5. The molecule has 6 heteroatoms. The summed E-state index contributed by atoms with van der Waals surface area (Å²) in [7, 11) is 0. The molecule has 0 aliphatic carbocycles. The Morgan fingerprint density at radius 3 is 2.74 bits per heavy atom. The fourth-order valence-corrected chi connectivity index (χ4v) is 4.00. The van der Waals surface area contributed by atoms with Crippen molar-refractivity contribution >= 4 is 27.7 Å². The second-order valence-corrected chi connectivity index (χ2v) is 8.21. The molecule has 5 nitrogen and oxygen atoms in total. The van der Waals surface area contributed by atoms with Crippen LogP contribution < -0.4 is 5.32 Å². The highest BCUT2D eigenvalue weighted by molar-refractivity contribution is 9.10. The van der Waals surface area contributed by atoms with Gasteiger partial charge in [0.1, 0.15) is 0 Å². The molecule has 0 atom stereocenters. The van der Waals surface area contributed by atoms with E-state index in [1.807, 2.05) is 24.3 Å². The molecule has 0 fully saturated rings. The predicted octanol–water partition coefficient (Wildman–Crippen LogP) is 4.68. The van der Waals surface area contributed by atoms with Crippen LogP contribution in [-0.4, -0.2) is 21.0 Å². The lowest BCUT2D eigenvalue weighted by molar-refractivity contribution is 0.102. The number of hydrogen-bond donors (Lipinski definition) is 2. The van der Waals surface area contributed by atoms with E-state index in [-0.39, 0.29) is 11.4 Å². The summed E-state index contributed by atoms with van der Waals surface area (Å²) in [4.78, 5) is 14.9. The summed E-state index contributed by atoms with van der Waals surface area (Å²) in [5.41, 5.74) is 3.78. The van der Waals surface area contributed by atoms with Crippen molar-refractivity contribution in [2.24, 2.45) is 0 Å². The Morgan fingerprint density at radius 1 is 1.22 bits per heavy atom. The lowest BCUT2D eigenvalue weighted by atomic mass is 10.00. The van der Waals surface area contributed by atoms with Gasteiger partial charge in [-0.05, 0) is 43.7 Å². The fraction of sp³-hybridized carbons (Fsp3) is 0.238. The number of carbonyl (C=O) groups is 1. The molecule has 3 aromatic rings. The highest BCUT2D eigenvalue weighted by Gasteiger charge is 2.41. The average Bonchev–Trinajstić information content (AvgIpc) is 3.15. The number of aromatic amines is 1. The monoisotopic (exact) mass is 424 g/mol. The van der Waals surface area contributed by atoms with Crippen LogP contribution in [-0.2, 0) is 18.6 Å². The van der Waals surface area contributed by atoms with E-state index in [2.05, 4.69) is 68.4 Å². The summed E-state index contributed by atoms with van der Waals surface area (Å²) in [6, 6.07) is 17.5. The first-order valence-corrected chi connectivity index (χ1v) is 9.68. The first-order chi connectivity index (χ1) is 12.9. The van der Waals surface area contributed by atoms with E-state index in [4.69, 9.17) is 0 Å². The zero-order valence-electron chi connectivity index (χ0n) is 15.3. The van der Waals surface area contributed by atoms with Gasteiger partial charge in [-0.15, -0.1) is 0 Å². The Kier molecular flexibility index (Phi) is 4.61. The van der Waals surface area contributed by atoms with E-state index in [1.54, 1.807) is 12.1 Å². The summed E-state index contributed by atoms with van der Waals surface area (Å²) in [5.74, 6) is 0.469. The molecular weight excluding hydrogens is 404 g/mol. The van der Waals surface area contributed by atoms with Crippen LogP contribution in [0.1, 0.15) is 41.0 Å². The van der Waals surface area contributed by atoms with Gasteiger partial charge in [0.15, 0.2) is 5.82 Å². The van der Waals surface area contributed by atoms with Gasteiger partial charge in [0.05, 0.1) is 11.2 Å². The van der Waals surface area contributed by atoms with E-state index in [9.17, 15) is 4.79 Å². The van der Waals surface area contributed by atoms with Crippen molar-refractivity contribution < 1.29 is 4.79 Å². The van der Waals surface area contributed by atoms with Gasteiger partial charge in [0.2, 0.25) is 0 Å². The third-order valence-electron chi connectivity index (χ3n) is 5.15. The number of aromatic nitrogens is 2. The molecule has 1 aliphatic rings. The molecule has 1 aliphatic heterocycles. The van der Waals surface area contributed by atoms with Crippen LogP contribution in [0.2, 0.25) is 0 Å². The zero-order chi connectivity index (χ0) is 19.0. The van der Waals surface area contributed by atoms with Crippen molar-refractivity contribution in [2.75, 3.05) is 5.32 Å². The molecule has 27 heavy (non-hydrogen) atoms. The third-order valence-corrected chi connectivity index (χ3v) is 5.64. The number of benzene rings is 2. The SMILES string of the molecule is CC1(C)c2[nH]nc(NC(=O)c3ccccc3)c2CN1Cc1cccc(Br)c1. The first-order valence-electron chi connectivity index (χ1n) is 8.89. The number of carbonyl (C=O) groups excluding carboxylic acids is 1. The van der Waals surface area contributed by atoms with Crippen LogP contribution >= 0.6 is 15.9 Å². The Balaban J connectivity index is 1.56. The number of nitrogens with zero attached hydrogens (tertiary/aromatic N) is 2. The van der Waals surface area contributed by atoms with Crippen LogP contribution in [0.25, 0.3) is 0 Å². The van der Waals surface area contributed by atoms with Crippen LogP contribution in [0.15, 0.2) is 59.1 Å². The van der Waals surface area contributed by atoms with Crippen molar-refractivity contribution in [3.63, 3.8) is 0 Å². The molecule has 0 bridgehead atoms. The van der Waals surface area contributed by atoms with Crippen molar-refractivity contribution in [1.82, 2.24) is 15.1 Å². The van der Waals surface area contributed by atoms with Gasteiger partial charge in [-0.2, -0.15) is 5.10 Å². The summed E-state index contributed by atoms with van der Waals surface area (Å²) in [5, 5.41) is 10.5. The van der Waals surface area contributed by atoms with Crippen molar-refractivity contribution in [3.8, 4) is 0 Å². The Labute approximate surface area is 166 Å². The number of rotatable bonds is 4. The second-order valence-electron chi connectivity index (χ2n) is 7.29. The van der Waals surface area contributed by atoms with E-state index in [0.717, 1.165) is 28.8 Å². The van der Waals surface area contributed by atoms with Crippen molar-refractivity contribution in [3.05, 3.63) is 81.5 Å². The summed E-state index contributed by atoms with van der Waals surface area (Å²) >= 11 is 3.54. The Bertz CT molecular complexity index is 981. The van der Waals surface area contributed by atoms with Crippen LogP contribution in [0.3, 0.4) is 0 Å². The number of hydrogen-bond acceptors (Lipinski definition) is 3. The van der Waals surface area contributed by atoms with Crippen LogP contribution in [0.4, 0.5) is 5.82 Å². The second kappa shape index (κ2) is 6.94. The van der Waals surface area contributed by atoms with Gasteiger partial charge in [-0.3, -0.25) is 14.8 Å². The standard InChI is InChI=1S/C21H21BrN4O/c1-21(2)18-17(13-26(21)12-14-7-6-10-16(22)11-14)19(25-24-18)23-20(27)15-8-4-3-5-9-15/h3-11H,12-13H2,1-2H3,(H2,23,24,25,27). The van der Waals surface area contributed by atoms with E-state index >= 15 is 0 Å². The van der Waals surface area contributed by atoms with Gasteiger partial charge in [0.25, 0.3) is 5.91 Å². The first kappa shape index (κ1) is 17.9. The minimum absolute atomic E-state index is 0.145. The summed E-state index contributed by atoms with van der Waals surface area (Å²) in [6.07, 6.45) is 0. The van der Waals surface area contributed by atoms with E-state index in [0.29, 0.717) is 11.4 Å². The number of nitrogens with one attached hydrogen (secondary N) is 2. The molecule has 0 spiro atoms. The van der Waals surface area contributed by atoms with Crippen LogP contribution in [0.5, 0.6) is 0 Å². The minimum atomic E-state index is -0.194. The van der Waals surface area contributed by atoms with Gasteiger partial charge in [-0.1, -0.05) is 46.3 Å². The van der Waals surface area contributed by atoms with Gasteiger partial charge >= 0.3 is 0 Å². The molecule has 0 unspecified atom stereocenters. The lowest BCUT2D eigenvalue weighted by Gasteiger charge is -2.31. The molecule has 138 valence electrons. The summed E-state index contributed by atoms with van der Waals surface area (Å²) in [6.45, 7) is 5.91. The molecular formula is C21H21BrN4O. The highest BCUT2D eigenvalue weighted by Crippen LogP contribution is 2.41. The smallest absolute Gasteiger partial charge is 0.256 e. The van der Waals surface area contributed by atoms with Gasteiger partial charge in [0, 0.05) is 28.7 Å². The molecule has 1 aromatic heterocycles. The number of anilines is 1. The van der Waals surface area contributed by atoms with Gasteiger partial charge < -0.3 is 5.32 Å². The van der Waals surface area contributed by atoms with E-state index < -0.39 is 0 Å². The minimum Gasteiger partial charge on any atom is -0.305 e. The number of amides is 1. The van der Waals surface area contributed by atoms with Crippen LogP contribution in [0, 0.1) is 0 Å². The maximum atomic E-state index is 12.5. The largest absolute Gasteiger partial charge is 0.305 e. The Morgan fingerprint density at radius 2 is 2.00 bits per heavy atom. The maximum Gasteiger partial charge on any atom is 0.256 e. The zero-order valence-corrected chi connectivity index (χ0v) is 16.9. The molecule has 2 aromatic carbocycles. The lowest BCUT2D eigenvalue weighted by Crippen LogP contribution is -2.35. The molecule has 2 heterocycles. The molecule has 0 saturated carbocycles. The molecule has 0 radical (unpaired) electrons. The normalized spacial score (nSPS) is 15.5. The molecule has 2 N–H and O–H groups in total. The number of fused-ring (bicyclic) bond motifs is 1. The topological polar surface area (TPSA) is 61.0 Å². The fourth-order valence-electron chi connectivity index (χ4n) is 3.55. The van der Waals surface area contributed by atoms with Crippen molar-refractivity contribution in [1.29, 1.82) is 0 Å². The third kappa shape index (κ3) is 3.42. The highest BCUT2D eigenvalue weighted by atomic mass is 79.9. The quantitative estimate of drug-likeness (QED) is 0.639. The molecule has 0 saturated heterocycles. The summed E-state index contributed by atoms with van der Waals surface area (Å²) < 4.78 is 1.08. The number of halogens is 1. The average molecular weight is 425 g/mol.